The van der Waals surface area contributed by atoms with Crippen LogP contribution in [-0.4, -0.2) is 54.1 Å². The average molecular weight is 443 g/mol. The molecule has 1 aliphatic rings. The molecule has 2 aromatic heterocycles. The molecule has 1 fully saturated rings. The molecule has 8 nitrogen and oxygen atoms in total. The molecule has 0 radical (unpaired) electrons. The molecule has 162 valence electrons. The second kappa shape index (κ2) is 8.56. The number of rotatable bonds is 5. The molecule has 1 aliphatic heterocycles. The van der Waals surface area contributed by atoms with Gasteiger partial charge in [-0.15, -0.1) is 10.2 Å². The van der Waals surface area contributed by atoms with Crippen LogP contribution in [0.4, 0.5) is 21.8 Å². The van der Waals surface area contributed by atoms with E-state index in [1.165, 1.54) is 16.4 Å². The molecule has 0 unspecified atom stereocenters. The average Bonchev–Trinajstić information content (AvgIpc) is 2.77. The minimum atomic E-state index is -3.75. The van der Waals surface area contributed by atoms with Crippen LogP contribution in [0.15, 0.2) is 53.6 Å². The molecule has 1 aromatic carbocycles. The number of halogens is 1. The van der Waals surface area contributed by atoms with Crippen molar-refractivity contribution in [3.05, 3.63) is 65.6 Å². The molecule has 0 atom stereocenters. The third-order valence-corrected chi connectivity index (χ3v) is 7.19. The Bertz CT molecular complexity index is 1160. The van der Waals surface area contributed by atoms with E-state index < -0.39 is 15.8 Å². The summed E-state index contributed by atoms with van der Waals surface area (Å²) in [7, 11) is -3.75. The SMILES string of the molecule is Cc1ccc(Nc2ccc(N3CCN(S(=O)(=O)c4cc(F)ccc4C)CC3)nn2)nc1. The van der Waals surface area contributed by atoms with Crippen LogP contribution < -0.4 is 10.2 Å². The molecule has 0 saturated carbocycles. The highest BCUT2D eigenvalue weighted by Gasteiger charge is 2.30. The van der Waals surface area contributed by atoms with Gasteiger partial charge in [-0.05, 0) is 55.3 Å². The number of hydrogen-bond donors (Lipinski definition) is 1. The lowest BCUT2D eigenvalue weighted by molar-refractivity contribution is 0.383. The lowest BCUT2D eigenvalue weighted by Crippen LogP contribution is -2.49. The van der Waals surface area contributed by atoms with E-state index in [4.69, 9.17) is 0 Å². The maximum absolute atomic E-state index is 13.6. The number of nitrogens with zero attached hydrogens (tertiary/aromatic N) is 5. The molecular formula is C21H23FN6O2S. The number of sulfonamides is 1. The summed E-state index contributed by atoms with van der Waals surface area (Å²) in [6.07, 6.45) is 1.77. The molecule has 10 heteroatoms. The maximum Gasteiger partial charge on any atom is 0.243 e. The van der Waals surface area contributed by atoms with Crippen LogP contribution in [-0.2, 0) is 10.0 Å². The predicted octanol–water partition coefficient (Wildman–Crippen LogP) is 2.88. The summed E-state index contributed by atoms with van der Waals surface area (Å²) in [6.45, 7) is 5.14. The molecule has 3 heterocycles. The highest BCUT2D eigenvalue weighted by Crippen LogP contribution is 2.23. The standard InChI is InChI=1S/C21H23FN6O2S/c1-15-3-6-19(23-14-15)24-20-7-8-21(26-25-20)27-9-11-28(12-10-27)31(29,30)18-13-17(22)5-4-16(18)2/h3-8,13-14H,9-12H2,1-2H3,(H,23,24,25). The Morgan fingerprint density at radius 1 is 0.935 bits per heavy atom. The van der Waals surface area contributed by atoms with Gasteiger partial charge >= 0.3 is 0 Å². The van der Waals surface area contributed by atoms with Gasteiger partial charge < -0.3 is 10.2 Å². The van der Waals surface area contributed by atoms with E-state index in [1.807, 2.05) is 36.1 Å². The topological polar surface area (TPSA) is 91.3 Å². The van der Waals surface area contributed by atoms with Crippen molar-refractivity contribution in [2.45, 2.75) is 18.7 Å². The minimum Gasteiger partial charge on any atom is -0.352 e. The summed E-state index contributed by atoms with van der Waals surface area (Å²) >= 11 is 0. The maximum atomic E-state index is 13.6. The monoisotopic (exact) mass is 442 g/mol. The quantitative estimate of drug-likeness (QED) is 0.650. The second-order valence-corrected chi connectivity index (χ2v) is 9.33. The first-order valence-electron chi connectivity index (χ1n) is 9.87. The van der Waals surface area contributed by atoms with E-state index in [0.717, 1.165) is 11.6 Å². The van der Waals surface area contributed by atoms with Crippen LogP contribution in [0.3, 0.4) is 0 Å². The third kappa shape index (κ3) is 4.64. The van der Waals surface area contributed by atoms with Gasteiger partial charge in [-0.3, -0.25) is 0 Å². The summed E-state index contributed by atoms with van der Waals surface area (Å²) in [6, 6.07) is 11.3. The zero-order chi connectivity index (χ0) is 22.0. The second-order valence-electron chi connectivity index (χ2n) is 7.42. The van der Waals surface area contributed by atoms with Crippen molar-refractivity contribution in [2.75, 3.05) is 36.4 Å². The van der Waals surface area contributed by atoms with E-state index in [9.17, 15) is 12.8 Å². The van der Waals surface area contributed by atoms with Gasteiger partial charge in [0, 0.05) is 32.4 Å². The van der Waals surface area contributed by atoms with Crippen molar-refractivity contribution >= 4 is 27.5 Å². The molecule has 4 rings (SSSR count). The van der Waals surface area contributed by atoms with Gasteiger partial charge in [-0.1, -0.05) is 12.1 Å². The number of pyridine rings is 1. The Labute approximate surface area is 180 Å². The van der Waals surface area contributed by atoms with E-state index in [0.29, 0.717) is 36.1 Å². The van der Waals surface area contributed by atoms with E-state index >= 15 is 0 Å². The van der Waals surface area contributed by atoms with Crippen LogP contribution in [0.25, 0.3) is 0 Å². The summed E-state index contributed by atoms with van der Waals surface area (Å²) in [4.78, 5) is 6.27. The molecule has 31 heavy (non-hydrogen) atoms. The molecule has 3 aromatic rings. The summed E-state index contributed by atoms with van der Waals surface area (Å²) in [5.41, 5.74) is 1.60. The van der Waals surface area contributed by atoms with E-state index in [1.54, 1.807) is 13.1 Å². The van der Waals surface area contributed by atoms with Gasteiger partial charge in [0.1, 0.15) is 11.6 Å². The minimum absolute atomic E-state index is 0.0147. The number of anilines is 3. The Kier molecular flexibility index (Phi) is 5.84. The fourth-order valence-electron chi connectivity index (χ4n) is 3.38. The van der Waals surface area contributed by atoms with Crippen LogP contribution in [0.2, 0.25) is 0 Å². The van der Waals surface area contributed by atoms with Crippen LogP contribution in [0, 0.1) is 19.7 Å². The Morgan fingerprint density at radius 3 is 2.32 bits per heavy atom. The first-order valence-corrected chi connectivity index (χ1v) is 11.3. The van der Waals surface area contributed by atoms with Crippen LogP contribution >= 0.6 is 0 Å². The Hall–Kier alpha value is -3.11. The normalized spacial score (nSPS) is 15.1. The summed E-state index contributed by atoms with van der Waals surface area (Å²) < 4.78 is 40.9. The zero-order valence-electron chi connectivity index (χ0n) is 17.3. The highest BCUT2D eigenvalue weighted by atomic mass is 32.2. The first-order chi connectivity index (χ1) is 14.8. The molecule has 1 saturated heterocycles. The van der Waals surface area contributed by atoms with Crippen molar-refractivity contribution in [1.29, 1.82) is 0 Å². The fraction of sp³-hybridized carbons (Fsp3) is 0.286. The molecule has 0 bridgehead atoms. The van der Waals surface area contributed by atoms with Gasteiger partial charge in [0.05, 0.1) is 4.90 Å². The molecule has 0 amide bonds. The number of hydrogen-bond acceptors (Lipinski definition) is 7. The van der Waals surface area contributed by atoms with Crippen molar-refractivity contribution in [3.63, 3.8) is 0 Å². The summed E-state index contributed by atoms with van der Waals surface area (Å²) in [5, 5.41) is 11.5. The molecule has 0 aliphatic carbocycles. The van der Waals surface area contributed by atoms with Crippen molar-refractivity contribution in [1.82, 2.24) is 19.5 Å². The largest absolute Gasteiger partial charge is 0.352 e. The summed E-state index contributed by atoms with van der Waals surface area (Å²) in [5.74, 6) is 1.36. The van der Waals surface area contributed by atoms with Gasteiger partial charge in [0.25, 0.3) is 0 Å². The van der Waals surface area contributed by atoms with Crippen LogP contribution in [0.1, 0.15) is 11.1 Å². The van der Waals surface area contributed by atoms with E-state index in [2.05, 4.69) is 20.5 Å². The van der Waals surface area contributed by atoms with Crippen molar-refractivity contribution in [2.24, 2.45) is 0 Å². The van der Waals surface area contributed by atoms with Crippen LogP contribution in [0.5, 0.6) is 0 Å². The number of aromatic nitrogens is 3. The van der Waals surface area contributed by atoms with E-state index in [-0.39, 0.29) is 18.0 Å². The predicted molar refractivity (Wildman–Crippen MR) is 116 cm³/mol. The van der Waals surface area contributed by atoms with Gasteiger partial charge in [0.15, 0.2) is 11.6 Å². The van der Waals surface area contributed by atoms with Gasteiger partial charge in [-0.2, -0.15) is 4.31 Å². The zero-order valence-corrected chi connectivity index (χ0v) is 18.1. The van der Waals surface area contributed by atoms with Crippen molar-refractivity contribution < 1.29 is 12.8 Å². The fourth-order valence-corrected chi connectivity index (χ4v) is 5.04. The lowest BCUT2D eigenvalue weighted by atomic mass is 10.2. The van der Waals surface area contributed by atoms with Gasteiger partial charge in [-0.25, -0.2) is 17.8 Å². The van der Waals surface area contributed by atoms with Gasteiger partial charge in [0.2, 0.25) is 10.0 Å². The number of piperazine rings is 1. The molecule has 0 spiro atoms. The molecular weight excluding hydrogens is 419 g/mol. The Morgan fingerprint density at radius 2 is 1.68 bits per heavy atom. The van der Waals surface area contributed by atoms with Crippen molar-refractivity contribution in [3.8, 4) is 0 Å². The highest BCUT2D eigenvalue weighted by molar-refractivity contribution is 7.89. The third-order valence-electron chi connectivity index (χ3n) is 5.15. The number of benzene rings is 1. The number of aryl methyl sites for hydroxylation is 2. The Balaban J connectivity index is 1.40. The first kappa shape index (κ1) is 21.1. The molecule has 1 N–H and O–H groups in total. The number of nitrogens with one attached hydrogen (secondary N) is 1. The lowest BCUT2D eigenvalue weighted by Gasteiger charge is -2.34. The smallest absolute Gasteiger partial charge is 0.243 e.